The first-order valence-electron chi connectivity index (χ1n) is 7.73. The minimum Gasteiger partial charge on any atom is -0.406 e. The van der Waals surface area contributed by atoms with E-state index in [0.717, 1.165) is 31.6 Å². The number of likely N-dealkylation sites (tertiary alicyclic amines) is 1. The molecule has 1 aliphatic heterocycles. The maximum absolute atomic E-state index is 12.1. The van der Waals surface area contributed by atoms with Gasteiger partial charge in [-0.05, 0) is 42.4 Å². The van der Waals surface area contributed by atoms with Crippen LogP contribution in [0.4, 0.5) is 13.2 Å². The van der Waals surface area contributed by atoms with Crippen molar-refractivity contribution in [2.24, 2.45) is 17.6 Å². The number of alkyl halides is 3. The van der Waals surface area contributed by atoms with Crippen LogP contribution in [-0.2, 0) is 6.54 Å². The van der Waals surface area contributed by atoms with Gasteiger partial charge in [-0.25, -0.2) is 0 Å². The molecule has 7 heteroatoms. The molecule has 2 fully saturated rings. The van der Waals surface area contributed by atoms with Crippen molar-refractivity contribution in [3.8, 4) is 5.75 Å². The number of nitrogens with zero attached hydrogens (tertiary/aromatic N) is 1. The molecule has 1 heterocycles. The first-order chi connectivity index (χ1) is 10.4. The lowest BCUT2D eigenvalue weighted by molar-refractivity contribution is -0.274. The zero-order valence-corrected chi connectivity index (χ0v) is 13.6. The summed E-state index contributed by atoms with van der Waals surface area (Å²) in [5.74, 6) is 1.08. The summed E-state index contributed by atoms with van der Waals surface area (Å²) in [5.41, 5.74) is 7.21. The van der Waals surface area contributed by atoms with E-state index in [1.807, 2.05) is 0 Å². The molecule has 1 saturated carbocycles. The van der Waals surface area contributed by atoms with Crippen molar-refractivity contribution in [1.82, 2.24) is 4.90 Å². The summed E-state index contributed by atoms with van der Waals surface area (Å²) in [6, 6.07) is 6.44. The summed E-state index contributed by atoms with van der Waals surface area (Å²) in [7, 11) is 0. The van der Waals surface area contributed by atoms with Gasteiger partial charge in [0, 0.05) is 25.7 Å². The number of rotatable bonds is 3. The number of hydrogen-bond acceptors (Lipinski definition) is 3. The van der Waals surface area contributed by atoms with Crippen LogP contribution in [-0.4, -0.2) is 30.4 Å². The van der Waals surface area contributed by atoms with Gasteiger partial charge in [-0.1, -0.05) is 18.6 Å². The summed E-state index contributed by atoms with van der Waals surface area (Å²) >= 11 is 0. The standard InChI is InChI=1S/C16H21F3N2O.ClH/c17-16(18,19)22-13-6-4-11(5-7-13)8-21-9-12-2-1-3-15(20)14(12)10-21;/h4-7,12,14-15H,1-3,8-10,20H2;1H. The number of benzene rings is 1. The molecular weight excluding hydrogens is 329 g/mol. The fraction of sp³-hybridized carbons (Fsp3) is 0.625. The second-order valence-electron chi connectivity index (χ2n) is 6.40. The van der Waals surface area contributed by atoms with E-state index in [-0.39, 0.29) is 18.2 Å². The van der Waals surface area contributed by atoms with Crippen LogP contribution in [0.1, 0.15) is 24.8 Å². The number of nitrogens with two attached hydrogens (primary N) is 1. The molecule has 3 nitrogen and oxygen atoms in total. The lowest BCUT2D eigenvalue weighted by Crippen LogP contribution is -2.38. The van der Waals surface area contributed by atoms with E-state index in [4.69, 9.17) is 5.73 Å². The maximum Gasteiger partial charge on any atom is 0.573 e. The van der Waals surface area contributed by atoms with E-state index in [9.17, 15) is 13.2 Å². The van der Waals surface area contributed by atoms with Crippen LogP contribution in [0.25, 0.3) is 0 Å². The Bertz CT molecular complexity index is 509. The molecule has 1 saturated heterocycles. The van der Waals surface area contributed by atoms with Crippen LogP contribution in [0, 0.1) is 11.8 Å². The maximum atomic E-state index is 12.1. The van der Waals surface area contributed by atoms with Gasteiger partial charge in [0.1, 0.15) is 5.75 Å². The van der Waals surface area contributed by atoms with Crippen LogP contribution in [0.3, 0.4) is 0 Å². The van der Waals surface area contributed by atoms with Crippen LogP contribution >= 0.6 is 12.4 Å². The van der Waals surface area contributed by atoms with E-state index in [1.54, 1.807) is 12.1 Å². The van der Waals surface area contributed by atoms with Crippen molar-refractivity contribution in [2.45, 2.75) is 38.2 Å². The van der Waals surface area contributed by atoms with Crippen LogP contribution < -0.4 is 10.5 Å². The molecule has 1 aromatic carbocycles. The van der Waals surface area contributed by atoms with Crippen molar-refractivity contribution in [3.63, 3.8) is 0 Å². The van der Waals surface area contributed by atoms with Gasteiger partial charge in [0.2, 0.25) is 0 Å². The SMILES string of the molecule is Cl.NC1CCCC2CN(Cc3ccc(OC(F)(F)F)cc3)CC12. The smallest absolute Gasteiger partial charge is 0.406 e. The normalized spacial score (nSPS) is 28.1. The third-order valence-electron chi connectivity index (χ3n) is 4.79. The van der Waals surface area contributed by atoms with Crippen LogP contribution in [0.5, 0.6) is 5.75 Å². The molecule has 0 aromatic heterocycles. The Kier molecular flexibility index (Phi) is 5.81. The Hall–Kier alpha value is -0.980. The zero-order chi connectivity index (χ0) is 15.7. The Morgan fingerprint density at radius 3 is 2.43 bits per heavy atom. The van der Waals surface area contributed by atoms with Gasteiger partial charge in [-0.15, -0.1) is 25.6 Å². The molecular formula is C16H22ClF3N2O. The van der Waals surface area contributed by atoms with E-state index < -0.39 is 6.36 Å². The molecule has 2 N–H and O–H groups in total. The molecule has 3 unspecified atom stereocenters. The fourth-order valence-electron chi connectivity index (χ4n) is 3.79. The molecule has 2 aliphatic rings. The topological polar surface area (TPSA) is 38.5 Å². The summed E-state index contributed by atoms with van der Waals surface area (Å²) < 4.78 is 40.3. The molecule has 23 heavy (non-hydrogen) atoms. The van der Waals surface area contributed by atoms with Gasteiger partial charge < -0.3 is 10.5 Å². The third-order valence-corrected chi connectivity index (χ3v) is 4.79. The highest BCUT2D eigenvalue weighted by Crippen LogP contribution is 2.36. The number of halogens is 4. The minimum absolute atomic E-state index is 0. The second-order valence-corrected chi connectivity index (χ2v) is 6.40. The molecule has 3 rings (SSSR count). The van der Waals surface area contributed by atoms with E-state index in [0.29, 0.717) is 17.9 Å². The summed E-state index contributed by atoms with van der Waals surface area (Å²) in [6.45, 7) is 2.79. The average Bonchev–Trinajstić information content (AvgIpc) is 2.83. The fourth-order valence-corrected chi connectivity index (χ4v) is 3.79. The number of fused-ring (bicyclic) bond motifs is 1. The highest BCUT2D eigenvalue weighted by atomic mass is 35.5. The second kappa shape index (κ2) is 7.28. The molecule has 0 bridgehead atoms. The first kappa shape index (κ1) is 18.4. The Morgan fingerprint density at radius 2 is 1.83 bits per heavy atom. The third kappa shape index (κ3) is 4.75. The Labute approximate surface area is 140 Å². The summed E-state index contributed by atoms with van der Waals surface area (Å²) in [5, 5.41) is 0. The highest BCUT2D eigenvalue weighted by Gasteiger charge is 2.38. The number of hydrogen-bond donors (Lipinski definition) is 1. The quantitative estimate of drug-likeness (QED) is 0.905. The first-order valence-corrected chi connectivity index (χ1v) is 7.73. The van der Waals surface area contributed by atoms with Crippen molar-refractivity contribution in [1.29, 1.82) is 0 Å². The zero-order valence-electron chi connectivity index (χ0n) is 12.8. The van der Waals surface area contributed by atoms with Gasteiger partial charge >= 0.3 is 6.36 Å². The summed E-state index contributed by atoms with van der Waals surface area (Å²) in [4.78, 5) is 2.36. The molecule has 1 aliphatic carbocycles. The monoisotopic (exact) mass is 350 g/mol. The van der Waals surface area contributed by atoms with E-state index >= 15 is 0 Å². The molecule has 0 amide bonds. The molecule has 3 atom stereocenters. The molecule has 130 valence electrons. The van der Waals surface area contributed by atoms with Gasteiger partial charge in [0.25, 0.3) is 0 Å². The van der Waals surface area contributed by atoms with Crippen LogP contribution in [0.15, 0.2) is 24.3 Å². The Morgan fingerprint density at radius 1 is 1.13 bits per heavy atom. The predicted octanol–water partition coefficient (Wildman–Crippen LogP) is 3.57. The van der Waals surface area contributed by atoms with Crippen molar-refractivity contribution >= 4 is 12.4 Å². The van der Waals surface area contributed by atoms with E-state index in [1.165, 1.54) is 25.0 Å². The minimum atomic E-state index is -4.64. The number of ether oxygens (including phenoxy) is 1. The highest BCUT2D eigenvalue weighted by molar-refractivity contribution is 5.85. The molecule has 0 radical (unpaired) electrons. The lowest BCUT2D eigenvalue weighted by atomic mass is 9.78. The van der Waals surface area contributed by atoms with E-state index in [2.05, 4.69) is 9.64 Å². The Balaban J connectivity index is 0.00000192. The summed E-state index contributed by atoms with van der Waals surface area (Å²) in [6.07, 6.45) is -1.08. The van der Waals surface area contributed by atoms with Crippen molar-refractivity contribution in [3.05, 3.63) is 29.8 Å². The van der Waals surface area contributed by atoms with Gasteiger partial charge in [-0.3, -0.25) is 4.90 Å². The largest absolute Gasteiger partial charge is 0.573 e. The van der Waals surface area contributed by atoms with Crippen LogP contribution in [0.2, 0.25) is 0 Å². The lowest BCUT2D eigenvalue weighted by Gasteiger charge is -2.29. The average molecular weight is 351 g/mol. The van der Waals surface area contributed by atoms with Gasteiger partial charge in [0.15, 0.2) is 0 Å². The van der Waals surface area contributed by atoms with Crippen molar-refractivity contribution in [2.75, 3.05) is 13.1 Å². The van der Waals surface area contributed by atoms with Gasteiger partial charge in [-0.2, -0.15) is 0 Å². The predicted molar refractivity (Wildman–Crippen MR) is 84.5 cm³/mol. The van der Waals surface area contributed by atoms with Crippen molar-refractivity contribution < 1.29 is 17.9 Å². The molecule has 0 spiro atoms. The van der Waals surface area contributed by atoms with Gasteiger partial charge in [0.05, 0.1) is 0 Å². The molecule has 1 aromatic rings.